The molecular formula is C33H37N3O6. The number of methoxy groups -OCH3 is 1. The highest BCUT2D eigenvalue weighted by Gasteiger charge is 2.43. The van der Waals surface area contributed by atoms with E-state index in [2.05, 4.69) is 51.9 Å². The van der Waals surface area contributed by atoms with Gasteiger partial charge in [0, 0.05) is 39.2 Å². The van der Waals surface area contributed by atoms with E-state index >= 15 is 0 Å². The molecule has 9 nitrogen and oxygen atoms in total. The minimum Gasteiger partial charge on any atom is -0.481 e. The number of fused-ring (bicyclic) bond motifs is 3. The van der Waals surface area contributed by atoms with Gasteiger partial charge in [0.05, 0.1) is 12.5 Å². The highest BCUT2D eigenvalue weighted by Crippen LogP contribution is 2.44. The average Bonchev–Trinajstić information content (AvgIpc) is 3.33. The Labute approximate surface area is 245 Å². The van der Waals surface area contributed by atoms with Gasteiger partial charge in [-0.2, -0.15) is 0 Å². The first kappa shape index (κ1) is 29.3. The summed E-state index contributed by atoms with van der Waals surface area (Å²) in [6, 6.07) is 26.4. The van der Waals surface area contributed by atoms with Gasteiger partial charge in [-0.1, -0.05) is 78.9 Å². The molecule has 3 aromatic rings. The number of hydrogen-bond acceptors (Lipinski definition) is 6. The third-order valence-electron chi connectivity index (χ3n) is 8.30. The summed E-state index contributed by atoms with van der Waals surface area (Å²) in [7, 11) is 1.41. The largest absolute Gasteiger partial charge is 0.481 e. The van der Waals surface area contributed by atoms with Crippen LogP contribution in [-0.2, 0) is 25.6 Å². The summed E-state index contributed by atoms with van der Waals surface area (Å²) in [5, 5.41) is 14.9. The van der Waals surface area contributed by atoms with Crippen LogP contribution in [0.25, 0.3) is 11.1 Å². The Morgan fingerprint density at radius 1 is 0.929 bits per heavy atom. The van der Waals surface area contributed by atoms with Crippen molar-refractivity contribution in [2.24, 2.45) is 0 Å². The van der Waals surface area contributed by atoms with E-state index in [4.69, 9.17) is 14.6 Å². The molecular weight excluding hydrogens is 534 g/mol. The molecule has 1 aliphatic heterocycles. The van der Waals surface area contributed by atoms with E-state index in [1.807, 2.05) is 42.5 Å². The minimum absolute atomic E-state index is 0.0173. The smallest absolute Gasteiger partial charge is 0.408 e. The van der Waals surface area contributed by atoms with Gasteiger partial charge in [-0.05, 0) is 40.7 Å². The van der Waals surface area contributed by atoms with Crippen molar-refractivity contribution in [3.8, 4) is 11.1 Å². The van der Waals surface area contributed by atoms with E-state index in [0.717, 1.165) is 28.8 Å². The number of carbonyl (C=O) groups is 3. The van der Waals surface area contributed by atoms with Crippen LogP contribution in [0.15, 0.2) is 78.9 Å². The maximum Gasteiger partial charge on any atom is 0.408 e. The van der Waals surface area contributed by atoms with Crippen LogP contribution in [0.1, 0.15) is 41.9 Å². The number of nitrogens with zero attached hydrogens (tertiary/aromatic N) is 1. The lowest BCUT2D eigenvalue weighted by Gasteiger charge is -2.41. The normalized spacial score (nSPS) is 16.6. The summed E-state index contributed by atoms with van der Waals surface area (Å²) in [4.78, 5) is 40.3. The van der Waals surface area contributed by atoms with Gasteiger partial charge in [-0.25, -0.2) is 4.79 Å². The average molecular weight is 572 g/mol. The Morgan fingerprint density at radius 3 is 2.12 bits per heavy atom. The summed E-state index contributed by atoms with van der Waals surface area (Å²) in [5.41, 5.74) is 4.47. The molecule has 0 bridgehead atoms. The molecule has 9 heteroatoms. The highest BCUT2D eigenvalue weighted by molar-refractivity contribution is 5.90. The van der Waals surface area contributed by atoms with Crippen LogP contribution in [0, 0.1) is 0 Å². The Morgan fingerprint density at radius 2 is 1.52 bits per heavy atom. The van der Waals surface area contributed by atoms with Crippen LogP contribution in [0.5, 0.6) is 0 Å². The molecule has 2 amide bonds. The number of likely N-dealkylation sites (tertiary alicyclic amines) is 1. The molecule has 1 fully saturated rings. The van der Waals surface area contributed by atoms with Gasteiger partial charge in [-0.3, -0.25) is 14.5 Å². The van der Waals surface area contributed by atoms with E-state index in [1.165, 1.54) is 12.7 Å². The van der Waals surface area contributed by atoms with E-state index in [9.17, 15) is 14.4 Å². The number of alkyl carbamates (subject to hydrolysis) is 1. The summed E-state index contributed by atoms with van der Waals surface area (Å²) in [6.45, 7) is 2.09. The molecule has 0 aromatic heterocycles. The molecule has 3 aromatic carbocycles. The van der Waals surface area contributed by atoms with Crippen LogP contribution in [-0.4, -0.2) is 73.0 Å². The van der Waals surface area contributed by atoms with Crippen molar-refractivity contribution in [1.82, 2.24) is 15.5 Å². The third-order valence-corrected chi connectivity index (χ3v) is 8.30. The number of carboxylic acid groups (broad SMARTS) is 1. The lowest BCUT2D eigenvalue weighted by molar-refractivity contribution is -0.140. The first-order valence-electron chi connectivity index (χ1n) is 14.3. The minimum atomic E-state index is -1.20. The number of carbonyl (C=O) groups excluding carboxylic acids is 2. The van der Waals surface area contributed by atoms with E-state index < -0.39 is 23.7 Å². The molecule has 0 spiro atoms. The van der Waals surface area contributed by atoms with Gasteiger partial charge in [0.2, 0.25) is 5.91 Å². The third kappa shape index (κ3) is 6.64. The number of nitrogens with one attached hydrogen (secondary N) is 2. The van der Waals surface area contributed by atoms with E-state index in [1.54, 1.807) is 0 Å². The van der Waals surface area contributed by atoms with Crippen LogP contribution in [0.3, 0.4) is 0 Å². The standard InChI is InChI=1S/C33H37N3O6/c1-41-24(19-30(37)38)20-34-31(39)33(15-17-36(18-16-33)21-23-9-3-2-4-10-23)35-32(40)42-22-29-27-13-7-5-11-25(27)26-12-6-8-14-28(26)29/h2-14,24,29H,15-22H2,1H3,(H,34,39)(H,35,40)(H,37,38). The fourth-order valence-corrected chi connectivity index (χ4v) is 5.98. The Kier molecular flexibility index (Phi) is 9.19. The summed E-state index contributed by atoms with van der Waals surface area (Å²) >= 11 is 0. The predicted molar refractivity (Wildman–Crippen MR) is 158 cm³/mol. The SMILES string of the molecule is COC(CNC(=O)C1(NC(=O)OCC2c3ccccc3-c3ccccc32)CCN(Cc2ccccc2)CC1)CC(=O)O. The number of aliphatic carboxylic acids is 1. The lowest BCUT2D eigenvalue weighted by Crippen LogP contribution is -2.63. The van der Waals surface area contributed by atoms with Crippen LogP contribution < -0.4 is 10.6 Å². The second-order valence-corrected chi connectivity index (χ2v) is 11.0. The monoisotopic (exact) mass is 571 g/mol. The molecule has 1 heterocycles. The van der Waals surface area contributed by atoms with Gasteiger partial charge >= 0.3 is 12.1 Å². The van der Waals surface area contributed by atoms with Gasteiger partial charge < -0.3 is 25.2 Å². The number of benzene rings is 3. The molecule has 3 N–H and O–H groups in total. The quantitative estimate of drug-likeness (QED) is 0.316. The summed E-state index contributed by atoms with van der Waals surface area (Å²) < 4.78 is 11.0. The lowest BCUT2D eigenvalue weighted by atomic mass is 9.86. The molecule has 220 valence electrons. The predicted octanol–water partition coefficient (Wildman–Crippen LogP) is 4.17. The van der Waals surface area contributed by atoms with Crippen molar-refractivity contribution in [3.05, 3.63) is 95.6 Å². The molecule has 1 atom stereocenters. The van der Waals surface area contributed by atoms with Gasteiger partial charge in [0.1, 0.15) is 12.1 Å². The maximum absolute atomic E-state index is 13.6. The summed E-state index contributed by atoms with van der Waals surface area (Å²) in [6.07, 6.45) is -0.818. The topological polar surface area (TPSA) is 117 Å². The second kappa shape index (κ2) is 13.2. The molecule has 0 saturated carbocycles. The number of ether oxygens (including phenoxy) is 2. The zero-order valence-electron chi connectivity index (χ0n) is 23.8. The van der Waals surface area contributed by atoms with Gasteiger partial charge in [0.15, 0.2) is 0 Å². The molecule has 1 unspecified atom stereocenters. The van der Waals surface area contributed by atoms with Crippen molar-refractivity contribution in [3.63, 3.8) is 0 Å². The zero-order chi connectivity index (χ0) is 29.5. The van der Waals surface area contributed by atoms with E-state index in [0.29, 0.717) is 25.9 Å². The molecule has 1 saturated heterocycles. The number of carboxylic acids is 1. The van der Waals surface area contributed by atoms with Crippen LogP contribution in [0.2, 0.25) is 0 Å². The zero-order valence-corrected chi connectivity index (χ0v) is 23.8. The number of rotatable bonds is 11. The van der Waals surface area contributed by atoms with E-state index in [-0.39, 0.29) is 31.4 Å². The Hall–Kier alpha value is -4.21. The molecule has 1 aliphatic carbocycles. The summed E-state index contributed by atoms with van der Waals surface area (Å²) in [5.74, 6) is -1.49. The maximum atomic E-state index is 13.6. The number of piperidine rings is 1. The first-order valence-corrected chi connectivity index (χ1v) is 14.3. The van der Waals surface area contributed by atoms with Crippen LogP contribution in [0.4, 0.5) is 4.79 Å². The van der Waals surface area contributed by atoms with Gasteiger partial charge in [-0.15, -0.1) is 0 Å². The Balaban J connectivity index is 1.27. The van der Waals surface area contributed by atoms with Gasteiger partial charge in [0.25, 0.3) is 0 Å². The molecule has 0 radical (unpaired) electrons. The number of hydrogen-bond donors (Lipinski definition) is 3. The van der Waals surface area contributed by atoms with Crippen molar-refractivity contribution < 1.29 is 29.0 Å². The first-order chi connectivity index (χ1) is 20.4. The fraction of sp³-hybridized carbons (Fsp3) is 0.364. The van der Waals surface area contributed by atoms with Crippen LogP contribution >= 0.6 is 0 Å². The molecule has 42 heavy (non-hydrogen) atoms. The highest BCUT2D eigenvalue weighted by atomic mass is 16.5. The van der Waals surface area contributed by atoms with Crippen molar-refractivity contribution >= 4 is 18.0 Å². The Bertz CT molecular complexity index is 1360. The fourth-order valence-electron chi connectivity index (χ4n) is 5.98. The van der Waals surface area contributed by atoms with Crippen molar-refractivity contribution in [2.45, 2.75) is 43.4 Å². The molecule has 2 aliphatic rings. The van der Waals surface area contributed by atoms with Crippen molar-refractivity contribution in [2.75, 3.05) is 33.4 Å². The molecule has 5 rings (SSSR count). The second-order valence-electron chi connectivity index (χ2n) is 11.0. The van der Waals surface area contributed by atoms with Crippen molar-refractivity contribution in [1.29, 1.82) is 0 Å². The number of amides is 2.